The van der Waals surface area contributed by atoms with Crippen molar-refractivity contribution in [2.75, 3.05) is 19.8 Å². The first-order valence-corrected chi connectivity index (χ1v) is 8.42. The number of carbonyl (C=O) groups is 2. The first-order chi connectivity index (χ1) is 10.3. The van der Waals surface area contributed by atoms with Gasteiger partial charge in [0.1, 0.15) is 0 Å². The van der Waals surface area contributed by atoms with E-state index in [2.05, 4.69) is 5.32 Å². The Morgan fingerprint density at radius 1 is 1.14 bits per heavy atom. The lowest BCUT2D eigenvalue weighted by Crippen LogP contribution is -2.43. The molecule has 118 valence electrons. The zero-order valence-corrected chi connectivity index (χ0v) is 12.7. The molecule has 0 aromatic rings. The minimum Gasteiger partial charge on any atom is -0.381 e. The summed E-state index contributed by atoms with van der Waals surface area (Å²) in [5.41, 5.74) is 0. The number of carbonyl (C=O) groups excluding carboxylic acids is 2. The second-order valence-corrected chi connectivity index (χ2v) is 6.62. The maximum atomic E-state index is 12.3. The van der Waals surface area contributed by atoms with Gasteiger partial charge in [0.2, 0.25) is 11.8 Å². The number of nitrogens with one attached hydrogen (secondary N) is 1. The summed E-state index contributed by atoms with van der Waals surface area (Å²) in [7, 11) is 0. The van der Waals surface area contributed by atoms with Gasteiger partial charge in [0.25, 0.3) is 0 Å². The Morgan fingerprint density at radius 3 is 2.62 bits per heavy atom. The Kier molecular flexibility index (Phi) is 4.91. The molecule has 1 atom stereocenters. The first-order valence-electron chi connectivity index (χ1n) is 8.42. The summed E-state index contributed by atoms with van der Waals surface area (Å²) < 4.78 is 5.57. The Balaban J connectivity index is 1.35. The van der Waals surface area contributed by atoms with Crippen LogP contribution in [0.4, 0.5) is 0 Å². The van der Waals surface area contributed by atoms with Crippen molar-refractivity contribution in [3.05, 3.63) is 0 Å². The number of hydrogen-bond acceptors (Lipinski definition) is 4. The topological polar surface area (TPSA) is 58.6 Å². The fraction of sp³-hybridized carbons (Fsp3) is 0.875. The molecule has 0 spiro atoms. The number of imide groups is 1. The van der Waals surface area contributed by atoms with Gasteiger partial charge in [-0.1, -0.05) is 12.8 Å². The fourth-order valence-corrected chi connectivity index (χ4v) is 3.34. The third-order valence-corrected chi connectivity index (χ3v) is 4.78. The molecular formula is C16H26N2O3. The van der Waals surface area contributed by atoms with Gasteiger partial charge in [-0.2, -0.15) is 0 Å². The lowest BCUT2D eigenvalue weighted by atomic mass is 10.2. The number of amides is 2. The highest BCUT2D eigenvalue weighted by atomic mass is 16.5. The van der Waals surface area contributed by atoms with Crippen LogP contribution in [-0.4, -0.2) is 48.6 Å². The van der Waals surface area contributed by atoms with Crippen LogP contribution in [0.3, 0.4) is 0 Å². The molecule has 1 aliphatic heterocycles. The van der Waals surface area contributed by atoms with Crippen LogP contribution in [0.2, 0.25) is 0 Å². The van der Waals surface area contributed by atoms with Gasteiger partial charge in [-0.25, -0.2) is 0 Å². The number of nitrogens with zero attached hydrogens (tertiary/aromatic N) is 1. The summed E-state index contributed by atoms with van der Waals surface area (Å²) in [5.74, 6) is 0.798. The lowest BCUT2D eigenvalue weighted by Gasteiger charge is -2.22. The highest BCUT2D eigenvalue weighted by molar-refractivity contribution is 6.05. The van der Waals surface area contributed by atoms with Crippen molar-refractivity contribution in [3.8, 4) is 0 Å². The molecule has 2 amide bonds. The van der Waals surface area contributed by atoms with Gasteiger partial charge in [-0.15, -0.1) is 0 Å². The van der Waals surface area contributed by atoms with E-state index < -0.39 is 0 Å². The third kappa shape index (κ3) is 3.83. The second kappa shape index (κ2) is 6.88. The van der Waals surface area contributed by atoms with Crippen LogP contribution in [0, 0.1) is 5.92 Å². The highest BCUT2D eigenvalue weighted by Gasteiger charge is 2.42. The molecule has 0 bridgehead atoms. The minimum absolute atomic E-state index is 0.00852. The van der Waals surface area contributed by atoms with E-state index in [1.807, 2.05) is 0 Å². The smallest absolute Gasteiger partial charge is 0.247 e. The molecular weight excluding hydrogens is 268 g/mol. The van der Waals surface area contributed by atoms with Gasteiger partial charge in [-0.05, 0) is 44.6 Å². The molecule has 3 fully saturated rings. The van der Waals surface area contributed by atoms with Crippen molar-refractivity contribution in [1.82, 2.24) is 10.2 Å². The molecule has 2 aliphatic carbocycles. The SMILES string of the molecule is O=C1CC(NCCCOCC2CC2)C(=O)N1C1CCCC1. The average molecular weight is 294 g/mol. The van der Waals surface area contributed by atoms with E-state index in [0.717, 1.165) is 57.8 Å². The van der Waals surface area contributed by atoms with Gasteiger partial charge in [0.05, 0.1) is 12.5 Å². The quantitative estimate of drug-likeness (QED) is 0.544. The molecule has 1 saturated heterocycles. The summed E-state index contributed by atoms with van der Waals surface area (Å²) >= 11 is 0. The normalized spacial score (nSPS) is 27.0. The van der Waals surface area contributed by atoms with Crippen molar-refractivity contribution in [2.45, 2.75) is 63.5 Å². The molecule has 3 aliphatic rings. The Bertz CT molecular complexity index is 389. The average Bonchev–Trinajstić information content (AvgIpc) is 3.05. The van der Waals surface area contributed by atoms with Gasteiger partial charge < -0.3 is 10.1 Å². The number of rotatable bonds is 8. The van der Waals surface area contributed by atoms with E-state index in [1.54, 1.807) is 0 Å². The van der Waals surface area contributed by atoms with E-state index in [0.29, 0.717) is 6.42 Å². The Hall–Kier alpha value is -0.940. The molecule has 5 nitrogen and oxygen atoms in total. The monoisotopic (exact) mass is 294 g/mol. The van der Waals surface area contributed by atoms with Crippen molar-refractivity contribution in [1.29, 1.82) is 0 Å². The van der Waals surface area contributed by atoms with Gasteiger partial charge >= 0.3 is 0 Å². The molecule has 1 N–H and O–H groups in total. The zero-order chi connectivity index (χ0) is 14.7. The predicted molar refractivity (Wildman–Crippen MR) is 78.7 cm³/mol. The molecule has 21 heavy (non-hydrogen) atoms. The van der Waals surface area contributed by atoms with Crippen LogP contribution in [-0.2, 0) is 14.3 Å². The van der Waals surface area contributed by atoms with Gasteiger partial charge in [0, 0.05) is 19.3 Å². The van der Waals surface area contributed by atoms with E-state index in [4.69, 9.17) is 4.74 Å². The van der Waals surface area contributed by atoms with Gasteiger partial charge in [0.15, 0.2) is 0 Å². The molecule has 5 heteroatoms. The largest absolute Gasteiger partial charge is 0.381 e. The first kappa shape index (κ1) is 15.0. The fourth-order valence-electron chi connectivity index (χ4n) is 3.34. The zero-order valence-electron chi connectivity index (χ0n) is 12.7. The summed E-state index contributed by atoms with van der Waals surface area (Å²) in [4.78, 5) is 25.9. The van der Waals surface area contributed by atoms with Gasteiger partial charge in [-0.3, -0.25) is 14.5 Å². The standard InChI is InChI=1S/C16H26N2O3/c19-15-10-14(16(20)18(15)13-4-1-2-5-13)17-8-3-9-21-11-12-6-7-12/h12-14,17H,1-11H2. The number of ether oxygens (including phenoxy) is 1. The highest BCUT2D eigenvalue weighted by Crippen LogP contribution is 2.29. The maximum Gasteiger partial charge on any atom is 0.247 e. The molecule has 1 unspecified atom stereocenters. The Labute approximate surface area is 126 Å². The summed E-state index contributed by atoms with van der Waals surface area (Å²) in [6, 6.07) is -0.139. The predicted octanol–water partition coefficient (Wildman–Crippen LogP) is 1.46. The van der Waals surface area contributed by atoms with Crippen LogP contribution in [0.15, 0.2) is 0 Å². The molecule has 3 rings (SSSR count). The van der Waals surface area contributed by atoms with Crippen LogP contribution >= 0.6 is 0 Å². The molecule has 0 radical (unpaired) electrons. The summed E-state index contributed by atoms with van der Waals surface area (Å²) in [5, 5.41) is 3.23. The van der Waals surface area contributed by atoms with Crippen LogP contribution in [0.25, 0.3) is 0 Å². The van der Waals surface area contributed by atoms with E-state index in [9.17, 15) is 9.59 Å². The van der Waals surface area contributed by atoms with Crippen LogP contribution in [0.5, 0.6) is 0 Å². The second-order valence-electron chi connectivity index (χ2n) is 6.62. The Morgan fingerprint density at radius 2 is 1.90 bits per heavy atom. The number of hydrogen-bond donors (Lipinski definition) is 1. The van der Waals surface area contributed by atoms with Crippen molar-refractivity contribution in [3.63, 3.8) is 0 Å². The molecule has 0 aromatic heterocycles. The van der Waals surface area contributed by atoms with Crippen molar-refractivity contribution < 1.29 is 14.3 Å². The number of likely N-dealkylation sites (tertiary alicyclic amines) is 1. The van der Waals surface area contributed by atoms with Crippen molar-refractivity contribution >= 4 is 11.8 Å². The van der Waals surface area contributed by atoms with E-state index in [1.165, 1.54) is 17.7 Å². The maximum absolute atomic E-state index is 12.3. The molecule has 1 heterocycles. The van der Waals surface area contributed by atoms with E-state index >= 15 is 0 Å². The molecule has 2 saturated carbocycles. The van der Waals surface area contributed by atoms with Crippen LogP contribution in [0.1, 0.15) is 51.4 Å². The summed E-state index contributed by atoms with van der Waals surface area (Å²) in [6.07, 6.45) is 8.10. The van der Waals surface area contributed by atoms with Crippen molar-refractivity contribution in [2.24, 2.45) is 5.92 Å². The van der Waals surface area contributed by atoms with Crippen LogP contribution < -0.4 is 5.32 Å². The van der Waals surface area contributed by atoms with E-state index in [-0.39, 0.29) is 23.9 Å². The third-order valence-electron chi connectivity index (χ3n) is 4.78. The summed E-state index contributed by atoms with van der Waals surface area (Å²) in [6.45, 7) is 2.37. The lowest BCUT2D eigenvalue weighted by molar-refractivity contribution is -0.141. The molecule has 0 aromatic carbocycles. The minimum atomic E-state index is -0.304.